The van der Waals surface area contributed by atoms with Crippen LogP contribution in [0.5, 0.6) is 0 Å². The number of aliphatic hydroxyl groups excluding tert-OH is 1. The number of fused-ring (bicyclic) bond motifs is 1. The van der Waals surface area contributed by atoms with Crippen molar-refractivity contribution in [3.8, 4) is 0 Å². The van der Waals surface area contributed by atoms with E-state index < -0.39 is 13.0 Å². The average molecular weight is 375 g/mol. The van der Waals surface area contributed by atoms with Gasteiger partial charge in [-0.25, -0.2) is 13.8 Å². The second kappa shape index (κ2) is 6.45. The van der Waals surface area contributed by atoms with E-state index in [1.165, 1.54) is 0 Å². The Morgan fingerprint density at radius 2 is 2.09 bits per heavy atom. The second-order valence-electron chi connectivity index (χ2n) is 5.55. The van der Waals surface area contributed by atoms with Gasteiger partial charge >= 0.3 is 0 Å². The van der Waals surface area contributed by atoms with Gasteiger partial charge in [0, 0.05) is 22.9 Å². The van der Waals surface area contributed by atoms with Gasteiger partial charge in [-0.2, -0.15) is 4.98 Å². The van der Waals surface area contributed by atoms with Crippen molar-refractivity contribution < 1.29 is 13.9 Å². The summed E-state index contributed by atoms with van der Waals surface area (Å²) in [6, 6.07) is 0.259. The van der Waals surface area contributed by atoms with Gasteiger partial charge in [-0.3, -0.25) is 0 Å². The molecule has 22 heavy (non-hydrogen) atoms. The highest BCUT2D eigenvalue weighted by Gasteiger charge is 2.23. The van der Waals surface area contributed by atoms with Gasteiger partial charge in [0.25, 0.3) is 6.43 Å². The molecule has 8 heteroatoms. The van der Waals surface area contributed by atoms with E-state index in [1.807, 2.05) is 6.20 Å². The van der Waals surface area contributed by atoms with E-state index in [0.29, 0.717) is 0 Å². The van der Waals surface area contributed by atoms with Crippen molar-refractivity contribution in [1.82, 2.24) is 14.5 Å². The molecule has 2 aromatic heterocycles. The number of nitrogens with zero attached hydrogens (tertiary/aromatic N) is 3. The maximum absolute atomic E-state index is 12.3. The van der Waals surface area contributed by atoms with Crippen LogP contribution >= 0.6 is 15.9 Å². The predicted molar refractivity (Wildman–Crippen MR) is 83.2 cm³/mol. The summed E-state index contributed by atoms with van der Waals surface area (Å²) in [6.45, 7) is -0.469. The molecule has 1 fully saturated rings. The average Bonchev–Trinajstić information content (AvgIpc) is 2.83. The number of alkyl halides is 2. The van der Waals surface area contributed by atoms with Gasteiger partial charge in [0.2, 0.25) is 5.95 Å². The molecule has 0 saturated heterocycles. The summed E-state index contributed by atoms with van der Waals surface area (Å²) in [5, 5.41) is 13.0. The molecule has 2 aromatic rings. The molecule has 0 radical (unpaired) electrons. The second-order valence-corrected chi connectivity index (χ2v) is 6.40. The fourth-order valence-electron chi connectivity index (χ4n) is 2.86. The molecule has 0 bridgehead atoms. The Balaban J connectivity index is 1.90. The summed E-state index contributed by atoms with van der Waals surface area (Å²) in [6.07, 6.45) is 4.21. The molecule has 0 aliphatic heterocycles. The monoisotopic (exact) mass is 374 g/mol. The number of nitrogens with one attached hydrogen (secondary N) is 1. The first kappa shape index (κ1) is 15.6. The first-order chi connectivity index (χ1) is 10.5. The minimum absolute atomic E-state index is 0.204. The van der Waals surface area contributed by atoms with Crippen molar-refractivity contribution in [3.63, 3.8) is 0 Å². The van der Waals surface area contributed by atoms with E-state index in [1.54, 1.807) is 6.20 Å². The SMILES string of the molecule is O[C@H]1CC[C@H](n2cc(Br)c3cnc(NCC(F)F)nc32)CC1. The van der Waals surface area contributed by atoms with Gasteiger partial charge in [0.1, 0.15) is 5.65 Å². The van der Waals surface area contributed by atoms with Gasteiger partial charge < -0.3 is 15.0 Å². The quantitative estimate of drug-likeness (QED) is 0.861. The largest absolute Gasteiger partial charge is 0.393 e. The number of aromatic nitrogens is 3. The third-order valence-electron chi connectivity index (χ3n) is 4.00. The Hall–Kier alpha value is -1.28. The number of rotatable bonds is 4. The molecule has 3 rings (SSSR count). The van der Waals surface area contributed by atoms with Gasteiger partial charge in [-0.05, 0) is 41.6 Å². The molecule has 5 nitrogen and oxygen atoms in total. The van der Waals surface area contributed by atoms with E-state index in [2.05, 4.69) is 35.8 Å². The van der Waals surface area contributed by atoms with Crippen LogP contribution in [-0.2, 0) is 0 Å². The molecule has 0 unspecified atom stereocenters. The van der Waals surface area contributed by atoms with E-state index >= 15 is 0 Å². The Kier molecular flexibility index (Phi) is 4.58. The van der Waals surface area contributed by atoms with Crippen LogP contribution < -0.4 is 5.32 Å². The Morgan fingerprint density at radius 1 is 1.36 bits per heavy atom. The maximum atomic E-state index is 12.3. The first-order valence-corrected chi connectivity index (χ1v) is 8.07. The minimum Gasteiger partial charge on any atom is -0.393 e. The van der Waals surface area contributed by atoms with Crippen molar-refractivity contribution in [1.29, 1.82) is 0 Å². The van der Waals surface area contributed by atoms with Crippen LogP contribution in [0, 0.1) is 0 Å². The molecule has 1 saturated carbocycles. The van der Waals surface area contributed by atoms with Crippen LogP contribution in [0.1, 0.15) is 31.7 Å². The molecule has 0 spiro atoms. The molecule has 0 atom stereocenters. The van der Waals surface area contributed by atoms with Crippen molar-refractivity contribution >= 4 is 32.9 Å². The van der Waals surface area contributed by atoms with Crippen LogP contribution in [0.2, 0.25) is 0 Å². The fourth-order valence-corrected chi connectivity index (χ4v) is 3.36. The summed E-state index contributed by atoms with van der Waals surface area (Å²) in [5.41, 5.74) is 0.722. The van der Waals surface area contributed by atoms with Crippen LogP contribution in [-0.4, -0.2) is 38.7 Å². The number of anilines is 1. The van der Waals surface area contributed by atoms with Crippen molar-refractivity contribution in [2.75, 3.05) is 11.9 Å². The van der Waals surface area contributed by atoms with Gasteiger partial charge in [0.05, 0.1) is 18.0 Å². The lowest BCUT2D eigenvalue weighted by Gasteiger charge is -2.27. The van der Waals surface area contributed by atoms with Crippen molar-refractivity contribution in [3.05, 3.63) is 16.9 Å². The zero-order valence-corrected chi connectivity index (χ0v) is 13.4. The topological polar surface area (TPSA) is 63.0 Å². The zero-order valence-electron chi connectivity index (χ0n) is 11.8. The van der Waals surface area contributed by atoms with Crippen LogP contribution in [0.25, 0.3) is 11.0 Å². The Morgan fingerprint density at radius 3 is 2.77 bits per heavy atom. The molecule has 2 heterocycles. The summed E-state index contributed by atoms with van der Waals surface area (Å²) >= 11 is 3.49. The predicted octanol–water partition coefficient (Wildman–Crippen LogP) is 3.35. The fraction of sp³-hybridized carbons (Fsp3) is 0.571. The van der Waals surface area contributed by atoms with Crippen LogP contribution in [0.3, 0.4) is 0 Å². The number of aliphatic hydroxyl groups is 1. The maximum Gasteiger partial charge on any atom is 0.255 e. The zero-order chi connectivity index (χ0) is 15.7. The van der Waals surface area contributed by atoms with Crippen LogP contribution in [0.15, 0.2) is 16.9 Å². The minimum atomic E-state index is -2.45. The summed E-state index contributed by atoms with van der Waals surface area (Å²) in [7, 11) is 0. The lowest BCUT2D eigenvalue weighted by molar-refractivity contribution is 0.111. The van der Waals surface area contributed by atoms with Crippen molar-refractivity contribution in [2.45, 2.75) is 44.3 Å². The highest BCUT2D eigenvalue weighted by molar-refractivity contribution is 9.10. The highest BCUT2D eigenvalue weighted by atomic mass is 79.9. The standard InChI is InChI=1S/C14H17BrF2N4O/c15-11-7-21(8-1-3-9(22)4-2-8)13-10(11)5-18-14(20-13)19-6-12(16)17/h5,7-9,12,22H,1-4,6H2,(H,18,19,20)/t8-,9-. The van der Waals surface area contributed by atoms with Gasteiger partial charge in [0.15, 0.2) is 0 Å². The van der Waals surface area contributed by atoms with E-state index in [9.17, 15) is 13.9 Å². The van der Waals surface area contributed by atoms with Crippen LogP contribution in [0.4, 0.5) is 14.7 Å². The molecule has 0 amide bonds. The van der Waals surface area contributed by atoms with E-state index in [4.69, 9.17) is 0 Å². The molecule has 120 valence electrons. The summed E-state index contributed by atoms with van der Waals surface area (Å²) < 4.78 is 27.5. The highest BCUT2D eigenvalue weighted by Crippen LogP contribution is 2.34. The Bertz CT molecular complexity index is 656. The summed E-state index contributed by atoms with van der Waals surface area (Å²) in [4.78, 5) is 8.45. The lowest BCUT2D eigenvalue weighted by Crippen LogP contribution is -2.21. The summed E-state index contributed by atoms with van der Waals surface area (Å²) in [5.74, 6) is 0.204. The molecule has 0 aromatic carbocycles. The third kappa shape index (κ3) is 3.22. The first-order valence-electron chi connectivity index (χ1n) is 7.27. The molecule has 1 aliphatic rings. The molecule has 2 N–H and O–H groups in total. The number of hydrogen-bond acceptors (Lipinski definition) is 4. The third-order valence-corrected chi connectivity index (χ3v) is 4.63. The van der Waals surface area contributed by atoms with E-state index in [0.717, 1.165) is 41.2 Å². The van der Waals surface area contributed by atoms with Crippen molar-refractivity contribution in [2.24, 2.45) is 0 Å². The Labute approximate surface area is 134 Å². The molecular formula is C14H17BrF2N4O. The van der Waals surface area contributed by atoms with Gasteiger partial charge in [-0.1, -0.05) is 0 Å². The smallest absolute Gasteiger partial charge is 0.255 e. The lowest BCUT2D eigenvalue weighted by atomic mass is 9.93. The number of halogens is 3. The normalized spacial score (nSPS) is 22.4. The van der Waals surface area contributed by atoms with Gasteiger partial charge in [-0.15, -0.1) is 0 Å². The van der Waals surface area contributed by atoms with E-state index in [-0.39, 0.29) is 18.1 Å². The molecular weight excluding hydrogens is 358 g/mol. The molecule has 1 aliphatic carbocycles. The number of hydrogen-bond donors (Lipinski definition) is 2.